The lowest BCUT2D eigenvalue weighted by Gasteiger charge is -2.17. The Morgan fingerprint density at radius 3 is 2.53 bits per heavy atom. The maximum atomic E-state index is 9.77. The minimum Gasteiger partial charge on any atom is -0.508 e. The van der Waals surface area contributed by atoms with Crippen LogP contribution in [-0.2, 0) is 6.54 Å². The lowest BCUT2D eigenvalue weighted by Crippen LogP contribution is -2.23. The zero-order valence-corrected chi connectivity index (χ0v) is 12.0. The van der Waals surface area contributed by atoms with Gasteiger partial charge in [0.15, 0.2) is 0 Å². The van der Waals surface area contributed by atoms with Gasteiger partial charge in [-0.25, -0.2) is 0 Å². The molecule has 0 radical (unpaired) electrons. The van der Waals surface area contributed by atoms with Gasteiger partial charge in [-0.15, -0.1) is 0 Å². The molecule has 0 aliphatic carbocycles. The molecule has 0 fully saturated rings. The molecule has 2 aromatic carbocycles. The lowest BCUT2D eigenvalue weighted by atomic mass is 10.1. The zero-order chi connectivity index (χ0) is 13.7. The van der Waals surface area contributed by atoms with Crippen molar-refractivity contribution < 1.29 is 10.2 Å². The third-order valence-corrected chi connectivity index (χ3v) is 3.46. The monoisotopic (exact) mass is 321 g/mol. The van der Waals surface area contributed by atoms with Crippen LogP contribution in [0.5, 0.6) is 5.75 Å². The van der Waals surface area contributed by atoms with Gasteiger partial charge in [0.25, 0.3) is 0 Å². The predicted molar refractivity (Wildman–Crippen MR) is 78.9 cm³/mol. The van der Waals surface area contributed by atoms with E-state index in [-0.39, 0.29) is 18.4 Å². The molecule has 0 spiro atoms. The number of hydrogen-bond acceptors (Lipinski definition) is 3. The Hall–Kier alpha value is -1.36. The molecule has 0 amide bonds. The van der Waals surface area contributed by atoms with E-state index in [1.54, 1.807) is 12.1 Å². The largest absolute Gasteiger partial charge is 0.508 e. The molecule has 0 saturated heterocycles. The Morgan fingerprint density at radius 1 is 1.11 bits per heavy atom. The molecule has 3 N–H and O–H groups in total. The van der Waals surface area contributed by atoms with Crippen molar-refractivity contribution in [3.05, 3.63) is 64.1 Å². The first-order valence-corrected chi connectivity index (χ1v) is 6.86. The van der Waals surface area contributed by atoms with Crippen LogP contribution < -0.4 is 5.32 Å². The number of hydrogen-bond donors (Lipinski definition) is 3. The number of phenols is 1. The van der Waals surface area contributed by atoms with Gasteiger partial charge in [-0.2, -0.15) is 0 Å². The van der Waals surface area contributed by atoms with E-state index in [2.05, 4.69) is 21.2 Å². The van der Waals surface area contributed by atoms with Gasteiger partial charge in [-0.1, -0.05) is 46.3 Å². The fraction of sp³-hybridized carbons (Fsp3) is 0.200. The van der Waals surface area contributed by atoms with Crippen LogP contribution in [-0.4, -0.2) is 16.8 Å². The maximum Gasteiger partial charge on any atom is 0.120 e. The van der Waals surface area contributed by atoms with Crippen molar-refractivity contribution in [3.63, 3.8) is 0 Å². The third-order valence-electron chi connectivity index (χ3n) is 2.96. The van der Waals surface area contributed by atoms with Crippen molar-refractivity contribution >= 4 is 15.9 Å². The molecule has 0 heterocycles. The summed E-state index contributed by atoms with van der Waals surface area (Å²) in [5.41, 5.74) is 1.82. The topological polar surface area (TPSA) is 52.5 Å². The normalized spacial score (nSPS) is 12.3. The molecular weight excluding hydrogens is 306 g/mol. The van der Waals surface area contributed by atoms with E-state index >= 15 is 0 Å². The van der Waals surface area contributed by atoms with Gasteiger partial charge < -0.3 is 15.5 Å². The van der Waals surface area contributed by atoms with E-state index in [0.29, 0.717) is 6.54 Å². The molecule has 19 heavy (non-hydrogen) atoms. The summed E-state index contributed by atoms with van der Waals surface area (Å²) in [6, 6.07) is 14.9. The second-order valence-electron chi connectivity index (χ2n) is 4.30. The molecular formula is C15H16BrNO2. The number of phenolic OH excluding ortho intramolecular Hbond substituents is 1. The number of halogens is 1. The van der Waals surface area contributed by atoms with E-state index in [9.17, 15) is 10.2 Å². The van der Waals surface area contributed by atoms with E-state index < -0.39 is 0 Å². The summed E-state index contributed by atoms with van der Waals surface area (Å²) in [6.07, 6.45) is 0. The van der Waals surface area contributed by atoms with Crippen molar-refractivity contribution in [2.45, 2.75) is 12.6 Å². The third kappa shape index (κ3) is 3.80. The van der Waals surface area contributed by atoms with Crippen LogP contribution >= 0.6 is 15.9 Å². The van der Waals surface area contributed by atoms with Crippen LogP contribution in [0, 0.1) is 0 Å². The fourth-order valence-electron chi connectivity index (χ4n) is 1.90. The molecule has 2 rings (SSSR count). The van der Waals surface area contributed by atoms with E-state index in [1.807, 2.05) is 36.4 Å². The van der Waals surface area contributed by atoms with Crippen LogP contribution in [0.2, 0.25) is 0 Å². The van der Waals surface area contributed by atoms with E-state index in [4.69, 9.17) is 0 Å². The van der Waals surface area contributed by atoms with Gasteiger partial charge in [0.1, 0.15) is 5.75 Å². The second-order valence-corrected chi connectivity index (χ2v) is 5.22. The first-order valence-electron chi connectivity index (χ1n) is 6.07. The van der Waals surface area contributed by atoms with Crippen molar-refractivity contribution in [3.8, 4) is 5.75 Å². The first-order chi connectivity index (χ1) is 9.20. The highest BCUT2D eigenvalue weighted by molar-refractivity contribution is 9.10. The number of aromatic hydroxyl groups is 1. The molecule has 0 aliphatic heterocycles. The predicted octanol–water partition coefficient (Wildman–Crippen LogP) is 2.98. The van der Waals surface area contributed by atoms with Gasteiger partial charge in [0.05, 0.1) is 12.6 Å². The quantitative estimate of drug-likeness (QED) is 0.793. The highest BCUT2D eigenvalue weighted by Crippen LogP contribution is 2.22. The Balaban J connectivity index is 2.06. The average Bonchev–Trinajstić information content (AvgIpc) is 2.44. The zero-order valence-electron chi connectivity index (χ0n) is 10.4. The molecule has 2 aromatic rings. The first kappa shape index (κ1) is 14.1. The summed E-state index contributed by atoms with van der Waals surface area (Å²) in [4.78, 5) is 0. The summed E-state index contributed by atoms with van der Waals surface area (Å²) in [5.74, 6) is 0.250. The van der Waals surface area contributed by atoms with Gasteiger partial charge in [-0.05, 0) is 23.8 Å². The second kappa shape index (κ2) is 6.70. The van der Waals surface area contributed by atoms with Gasteiger partial charge in [-0.3, -0.25) is 0 Å². The number of aliphatic hydroxyl groups excluding tert-OH is 1. The molecule has 0 bridgehead atoms. The molecule has 0 aliphatic rings. The summed E-state index contributed by atoms with van der Waals surface area (Å²) in [6.45, 7) is 0.504. The Bertz CT molecular complexity index is 531. The van der Waals surface area contributed by atoms with Crippen molar-refractivity contribution in [2.24, 2.45) is 0 Å². The van der Waals surface area contributed by atoms with Crippen molar-refractivity contribution in [2.75, 3.05) is 6.61 Å². The average molecular weight is 322 g/mol. The highest BCUT2D eigenvalue weighted by atomic mass is 79.9. The smallest absolute Gasteiger partial charge is 0.120 e. The minimum atomic E-state index is -0.139. The van der Waals surface area contributed by atoms with Crippen molar-refractivity contribution in [1.29, 1.82) is 0 Å². The van der Waals surface area contributed by atoms with E-state index in [0.717, 1.165) is 15.6 Å². The Morgan fingerprint density at radius 2 is 1.84 bits per heavy atom. The molecule has 100 valence electrons. The number of nitrogens with one attached hydrogen (secondary N) is 1. The van der Waals surface area contributed by atoms with Crippen LogP contribution in [0.25, 0.3) is 0 Å². The minimum absolute atomic E-state index is 0.0127. The highest BCUT2D eigenvalue weighted by Gasteiger charge is 2.10. The lowest BCUT2D eigenvalue weighted by molar-refractivity contribution is 0.243. The fourth-order valence-corrected chi connectivity index (χ4v) is 2.31. The van der Waals surface area contributed by atoms with Gasteiger partial charge in [0.2, 0.25) is 0 Å². The van der Waals surface area contributed by atoms with Crippen LogP contribution in [0.15, 0.2) is 53.0 Å². The molecule has 3 nitrogen and oxygen atoms in total. The van der Waals surface area contributed by atoms with E-state index in [1.165, 1.54) is 0 Å². The maximum absolute atomic E-state index is 9.77. The van der Waals surface area contributed by atoms with Crippen LogP contribution in [0.3, 0.4) is 0 Å². The molecule has 0 unspecified atom stereocenters. The summed E-state index contributed by atoms with van der Waals surface area (Å²) in [5, 5.41) is 22.5. The molecule has 0 saturated carbocycles. The Kier molecular flexibility index (Phi) is 4.96. The number of rotatable bonds is 5. The summed E-state index contributed by atoms with van der Waals surface area (Å²) < 4.78 is 0.919. The van der Waals surface area contributed by atoms with Crippen LogP contribution in [0.4, 0.5) is 0 Å². The standard InChI is InChI=1S/C15H16BrNO2/c16-13-6-7-15(19)12(8-13)9-17-14(10-18)11-4-2-1-3-5-11/h1-8,14,17-19H,9-10H2/t14-/m0/s1. The number of aliphatic hydroxyl groups is 1. The SMILES string of the molecule is OC[C@H](NCc1cc(Br)ccc1O)c1ccccc1. The summed E-state index contributed by atoms with van der Waals surface area (Å²) >= 11 is 3.38. The van der Waals surface area contributed by atoms with Crippen LogP contribution in [0.1, 0.15) is 17.2 Å². The van der Waals surface area contributed by atoms with Crippen molar-refractivity contribution in [1.82, 2.24) is 5.32 Å². The molecule has 1 atom stereocenters. The number of benzene rings is 2. The Labute approximate surface area is 121 Å². The van der Waals surface area contributed by atoms with Gasteiger partial charge in [0, 0.05) is 16.6 Å². The molecule has 4 heteroatoms. The summed E-state index contributed by atoms with van der Waals surface area (Å²) in [7, 11) is 0. The molecule has 0 aromatic heterocycles. The van der Waals surface area contributed by atoms with Gasteiger partial charge >= 0.3 is 0 Å².